The van der Waals surface area contributed by atoms with E-state index in [-0.39, 0.29) is 11.9 Å². The van der Waals surface area contributed by atoms with Gasteiger partial charge in [0.1, 0.15) is 6.04 Å². The molecule has 18 heteroatoms. The zero-order valence-electron chi connectivity index (χ0n) is 18.0. The van der Waals surface area contributed by atoms with Gasteiger partial charge in [-0.25, -0.2) is 14.4 Å². The standard InChI is InChI=1S/C12H25N5O3.2C2HF3O2/c1-7(2)6-9(11(19)20)17-10(18)8(13)4-3-5-16-12(14)15;2*3-2(4,5)1(6)7/h7-9H,3-6,13H2,1-2H3,(H,17,18)(H,19,20)(H4,14,15,16);2*(H,6,7)/t8-,9-;;/m0../s1. The van der Waals surface area contributed by atoms with Gasteiger partial charge in [0.2, 0.25) is 5.91 Å². The zero-order valence-corrected chi connectivity index (χ0v) is 18.0. The Morgan fingerprint density at radius 3 is 1.56 bits per heavy atom. The number of aliphatic imine (C=N–C) groups is 1. The number of amides is 1. The molecule has 0 aliphatic heterocycles. The highest BCUT2D eigenvalue weighted by molar-refractivity contribution is 5.86. The molecular formula is C16H27F6N5O7. The first kappa shape index (κ1) is 35.3. The van der Waals surface area contributed by atoms with Gasteiger partial charge in [-0.15, -0.1) is 0 Å². The number of aliphatic carboxylic acids is 3. The summed E-state index contributed by atoms with van der Waals surface area (Å²) in [6, 6.07) is -1.68. The quantitative estimate of drug-likeness (QED) is 0.0957. The van der Waals surface area contributed by atoms with Crippen molar-refractivity contribution in [2.75, 3.05) is 6.54 Å². The Morgan fingerprint density at radius 1 is 0.912 bits per heavy atom. The third-order valence-corrected chi connectivity index (χ3v) is 3.11. The highest BCUT2D eigenvalue weighted by atomic mass is 19.4. The van der Waals surface area contributed by atoms with E-state index in [1.807, 2.05) is 13.8 Å². The number of nitrogens with two attached hydrogens (primary N) is 3. The Bertz CT molecular complexity index is 671. The number of carboxylic acid groups (broad SMARTS) is 3. The summed E-state index contributed by atoms with van der Waals surface area (Å²) < 4.78 is 63.5. The molecule has 0 fully saturated rings. The van der Waals surface area contributed by atoms with Crippen molar-refractivity contribution in [2.24, 2.45) is 28.1 Å². The van der Waals surface area contributed by atoms with Crippen LogP contribution in [0, 0.1) is 5.92 Å². The number of guanidine groups is 1. The Hall–Kier alpha value is -3.31. The lowest BCUT2D eigenvalue weighted by Crippen LogP contribution is -2.48. The Kier molecular flexibility index (Phi) is 16.9. The van der Waals surface area contributed by atoms with E-state index in [1.165, 1.54) is 0 Å². The first-order chi connectivity index (χ1) is 15.1. The molecule has 0 heterocycles. The number of carbonyl (C=O) groups is 4. The van der Waals surface area contributed by atoms with Crippen LogP contribution < -0.4 is 22.5 Å². The van der Waals surface area contributed by atoms with Gasteiger partial charge in [-0.1, -0.05) is 13.8 Å². The highest BCUT2D eigenvalue weighted by Crippen LogP contribution is 2.13. The van der Waals surface area contributed by atoms with E-state index in [2.05, 4.69) is 10.3 Å². The normalized spacial score (nSPS) is 12.6. The van der Waals surface area contributed by atoms with Crippen LogP contribution in [0.25, 0.3) is 0 Å². The molecule has 0 saturated carbocycles. The third-order valence-electron chi connectivity index (χ3n) is 3.11. The number of halogens is 6. The van der Waals surface area contributed by atoms with Crippen molar-refractivity contribution in [1.29, 1.82) is 0 Å². The Balaban J connectivity index is -0.000000558. The van der Waals surface area contributed by atoms with Crippen LogP contribution >= 0.6 is 0 Å². The van der Waals surface area contributed by atoms with E-state index >= 15 is 0 Å². The number of nitrogens with zero attached hydrogens (tertiary/aromatic N) is 1. The van der Waals surface area contributed by atoms with Crippen molar-refractivity contribution in [3.63, 3.8) is 0 Å². The van der Waals surface area contributed by atoms with Crippen LogP contribution in [0.4, 0.5) is 26.3 Å². The monoisotopic (exact) mass is 515 g/mol. The number of nitrogens with one attached hydrogen (secondary N) is 1. The number of hydrogen-bond acceptors (Lipinski definition) is 6. The molecule has 2 atom stereocenters. The summed E-state index contributed by atoms with van der Waals surface area (Å²) in [5, 5.41) is 25.7. The van der Waals surface area contributed by atoms with E-state index < -0.39 is 48.3 Å². The molecule has 0 bridgehead atoms. The number of carbonyl (C=O) groups excluding carboxylic acids is 1. The lowest BCUT2D eigenvalue weighted by molar-refractivity contribution is -0.193. The molecule has 0 radical (unpaired) electrons. The van der Waals surface area contributed by atoms with Crippen molar-refractivity contribution in [2.45, 2.75) is 57.5 Å². The van der Waals surface area contributed by atoms with Crippen molar-refractivity contribution in [1.82, 2.24) is 5.32 Å². The van der Waals surface area contributed by atoms with E-state index in [0.717, 1.165) is 0 Å². The molecule has 1 amide bonds. The van der Waals surface area contributed by atoms with Crippen molar-refractivity contribution >= 4 is 29.8 Å². The van der Waals surface area contributed by atoms with Gasteiger partial charge in [-0.3, -0.25) is 9.79 Å². The number of alkyl halides is 6. The first-order valence-corrected chi connectivity index (χ1v) is 9.07. The van der Waals surface area contributed by atoms with Crippen LogP contribution in [-0.2, 0) is 19.2 Å². The second-order valence-corrected chi connectivity index (χ2v) is 6.69. The topological polar surface area (TPSA) is 231 Å². The van der Waals surface area contributed by atoms with E-state index in [4.69, 9.17) is 42.1 Å². The third kappa shape index (κ3) is 21.9. The van der Waals surface area contributed by atoms with Crippen LogP contribution in [0.1, 0.15) is 33.1 Å². The SMILES string of the molecule is CC(C)C[C@H](NC(=O)[C@@H](N)CCCN=C(N)N)C(=O)O.O=C(O)C(F)(F)F.O=C(O)C(F)(F)F. The minimum Gasteiger partial charge on any atom is -0.480 e. The lowest BCUT2D eigenvalue weighted by atomic mass is 10.0. The van der Waals surface area contributed by atoms with Crippen LogP contribution in [0.15, 0.2) is 4.99 Å². The van der Waals surface area contributed by atoms with Gasteiger partial charge >= 0.3 is 30.3 Å². The molecule has 10 N–H and O–H groups in total. The summed E-state index contributed by atoms with van der Waals surface area (Å²) in [5.74, 6) is -6.89. The summed E-state index contributed by atoms with van der Waals surface area (Å²) in [7, 11) is 0. The number of rotatable bonds is 9. The van der Waals surface area contributed by atoms with Crippen molar-refractivity contribution in [3.05, 3.63) is 0 Å². The summed E-state index contributed by atoms with van der Waals surface area (Å²) in [5.41, 5.74) is 16.0. The molecule has 0 spiro atoms. The second-order valence-electron chi connectivity index (χ2n) is 6.69. The number of hydrogen-bond donors (Lipinski definition) is 7. The van der Waals surface area contributed by atoms with Crippen LogP contribution in [0.2, 0.25) is 0 Å². The fourth-order valence-corrected chi connectivity index (χ4v) is 1.62. The van der Waals surface area contributed by atoms with Crippen LogP contribution in [0.5, 0.6) is 0 Å². The number of carboxylic acids is 3. The largest absolute Gasteiger partial charge is 0.490 e. The van der Waals surface area contributed by atoms with E-state index in [0.29, 0.717) is 25.8 Å². The van der Waals surface area contributed by atoms with E-state index in [9.17, 15) is 35.9 Å². The van der Waals surface area contributed by atoms with Gasteiger partial charge < -0.3 is 37.8 Å². The van der Waals surface area contributed by atoms with Gasteiger partial charge in [0, 0.05) is 6.54 Å². The molecule has 0 rings (SSSR count). The zero-order chi connectivity index (χ0) is 27.9. The predicted molar refractivity (Wildman–Crippen MR) is 104 cm³/mol. The molecule has 200 valence electrons. The predicted octanol–water partition coefficient (Wildman–Crippen LogP) is 0.249. The summed E-state index contributed by atoms with van der Waals surface area (Å²) >= 11 is 0. The van der Waals surface area contributed by atoms with Gasteiger partial charge in [-0.05, 0) is 25.2 Å². The van der Waals surface area contributed by atoms with Crippen molar-refractivity contribution < 1.29 is 60.8 Å². The first-order valence-electron chi connectivity index (χ1n) is 9.07. The smallest absolute Gasteiger partial charge is 0.480 e. The molecule has 0 aromatic heterocycles. The minimum absolute atomic E-state index is 0.00843. The summed E-state index contributed by atoms with van der Waals surface area (Å²) in [6.07, 6.45) is -8.87. The summed E-state index contributed by atoms with van der Waals surface area (Å²) in [4.78, 5) is 44.4. The van der Waals surface area contributed by atoms with Crippen LogP contribution in [0.3, 0.4) is 0 Å². The maximum Gasteiger partial charge on any atom is 0.490 e. The molecule has 0 aromatic carbocycles. The van der Waals surface area contributed by atoms with Gasteiger partial charge in [0.15, 0.2) is 5.96 Å². The molecule has 0 unspecified atom stereocenters. The van der Waals surface area contributed by atoms with Gasteiger partial charge in [0.25, 0.3) is 0 Å². The van der Waals surface area contributed by atoms with Crippen molar-refractivity contribution in [3.8, 4) is 0 Å². The average Bonchev–Trinajstić information content (AvgIpc) is 2.63. The lowest BCUT2D eigenvalue weighted by Gasteiger charge is -2.19. The fraction of sp³-hybridized carbons (Fsp3) is 0.688. The summed E-state index contributed by atoms with van der Waals surface area (Å²) in [6.45, 7) is 4.16. The second kappa shape index (κ2) is 16.3. The Morgan fingerprint density at radius 2 is 1.29 bits per heavy atom. The molecule has 0 saturated heterocycles. The minimum atomic E-state index is -5.08. The average molecular weight is 515 g/mol. The fourth-order valence-electron chi connectivity index (χ4n) is 1.62. The molecular weight excluding hydrogens is 488 g/mol. The Labute approximate surface area is 189 Å². The molecule has 0 aliphatic carbocycles. The van der Waals surface area contributed by atoms with Gasteiger partial charge in [0.05, 0.1) is 6.04 Å². The molecule has 0 aliphatic rings. The highest BCUT2D eigenvalue weighted by Gasteiger charge is 2.38. The van der Waals surface area contributed by atoms with E-state index in [1.54, 1.807) is 0 Å². The maximum atomic E-state index is 11.8. The molecule has 0 aromatic rings. The maximum absolute atomic E-state index is 11.8. The van der Waals surface area contributed by atoms with Crippen LogP contribution in [-0.4, -0.2) is 76.1 Å². The molecule has 34 heavy (non-hydrogen) atoms. The van der Waals surface area contributed by atoms with Gasteiger partial charge in [-0.2, -0.15) is 26.3 Å². The molecule has 12 nitrogen and oxygen atoms in total.